The molecule has 0 bridgehead atoms. The van der Waals surface area contributed by atoms with Crippen LogP contribution in [0, 0.1) is 0 Å². The first-order chi connectivity index (χ1) is 10.1. The Morgan fingerprint density at radius 3 is 2.81 bits per heavy atom. The maximum atomic E-state index is 11.8. The lowest BCUT2D eigenvalue weighted by molar-refractivity contribution is -0.122. The van der Waals surface area contributed by atoms with Gasteiger partial charge in [-0.25, -0.2) is 4.98 Å². The van der Waals surface area contributed by atoms with E-state index >= 15 is 0 Å². The second-order valence-corrected chi connectivity index (χ2v) is 5.96. The van der Waals surface area contributed by atoms with Crippen molar-refractivity contribution in [3.05, 3.63) is 47.0 Å². The Kier molecular flexibility index (Phi) is 5.92. The molecule has 2 rings (SSSR count). The predicted molar refractivity (Wildman–Crippen MR) is 84.7 cm³/mol. The van der Waals surface area contributed by atoms with Crippen LogP contribution in [0.4, 0.5) is 0 Å². The summed E-state index contributed by atoms with van der Waals surface area (Å²) in [4.78, 5) is 15.7. The summed E-state index contributed by atoms with van der Waals surface area (Å²) < 4.78 is 2.74. The minimum Gasteiger partial charge on any atom is -0.354 e. The molecule has 112 valence electrons. The molecule has 6 heteroatoms. The van der Waals surface area contributed by atoms with Gasteiger partial charge in [-0.05, 0) is 37.5 Å². The standard InChI is InChI=1S/C15H19BrN4O/c1-12(2-3-13-4-6-14(16)7-5-13)19-15(21)8-9-20-11-17-10-18-20/h4-7,10-12H,2-3,8-9H2,1H3,(H,19,21)/t12-/m0/s1. The molecule has 1 heterocycles. The molecule has 21 heavy (non-hydrogen) atoms. The van der Waals surface area contributed by atoms with Gasteiger partial charge in [-0.1, -0.05) is 28.1 Å². The molecule has 0 saturated heterocycles. The fourth-order valence-electron chi connectivity index (χ4n) is 2.02. The van der Waals surface area contributed by atoms with Crippen molar-refractivity contribution >= 4 is 21.8 Å². The van der Waals surface area contributed by atoms with Crippen molar-refractivity contribution in [2.75, 3.05) is 0 Å². The molecule has 0 spiro atoms. The highest BCUT2D eigenvalue weighted by Crippen LogP contribution is 2.12. The van der Waals surface area contributed by atoms with E-state index in [2.05, 4.69) is 43.5 Å². The summed E-state index contributed by atoms with van der Waals surface area (Å²) >= 11 is 3.42. The molecule has 1 aromatic carbocycles. The zero-order valence-electron chi connectivity index (χ0n) is 12.0. The zero-order chi connectivity index (χ0) is 15.1. The quantitative estimate of drug-likeness (QED) is 0.834. The van der Waals surface area contributed by atoms with E-state index in [-0.39, 0.29) is 11.9 Å². The molecule has 0 aliphatic heterocycles. The van der Waals surface area contributed by atoms with E-state index in [0.717, 1.165) is 17.3 Å². The number of carbonyl (C=O) groups excluding carboxylic acids is 1. The summed E-state index contributed by atoms with van der Waals surface area (Å²) in [6.45, 7) is 2.59. The molecule has 0 aliphatic rings. The zero-order valence-corrected chi connectivity index (χ0v) is 13.6. The number of nitrogens with zero attached hydrogens (tertiary/aromatic N) is 3. The van der Waals surface area contributed by atoms with Gasteiger partial charge in [0, 0.05) is 16.9 Å². The van der Waals surface area contributed by atoms with E-state index in [4.69, 9.17) is 0 Å². The average Bonchev–Trinajstić information content (AvgIpc) is 2.98. The number of benzene rings is 1. The van der Waals surface area contributed by atoms with Gasteiger partial charge in [-0.3, -0.25) is 9.48 Å². The van der Waals surface area contributed by atoms with Gasteiger partial charge in [0.25, 0.3) is 0 Å². The van der Waals surface area contributed by atoms with Gasteiger partial charge < -0.3 is 5.32 Å². The highest BCUT2D eigenvalue weighted by molar-refractivity contribution is 9.10. The van der Waals surface area contributed by atoms with E-state index in [1.165, 1.54) is 11.9 Å². The predicted octanol–water partition coefficient (Wildman–Crippen LogP) is 2.57. The van der Waals surface area contributed by atoms with E-state index in [1.54, 1.807) is 11.0 Å². The topological polar surface area (TPSA) is 59.8 Å². The monoisotopic (exact) mass is 350 g/mol. The average molecular weight is 351 g/mol. The summed E-state index contributed by atoms with van der Waals surface area (Å²) in [5.74, 6) is 0.0498. The number of rotatable bonds is 7. The number of hydrogen-bond acceptors (Lipinski definition) is 3. The third-order valence-corrected chi connectivity index (χ3v) is 3.75. The van der Waals surface area contributed by atoms with Crippen molar-refractivity contribution in [2.24, 2.45) is 0 Å². The van der Waals surface area contributed by atoms with Crippen LogP contribution < -0.4 is 5.32 Å². The summed E-state index contributed by atoms with van der Waals surface area (Å²) in [7, 11) is 0. The number of amides is 1. The number of nitrogens with one attached hydrogen (secondary N) is 1. The molecule has 0 aliphatic carbocycles. The Balaban J connectivity index is 1.67. The summed E-state index contributed by atoms with van der Waals surface area (Å²) in [6, 6.07) is 8.44. The number of aromatic nitrogens is 3. The largest absolute Gasteiger partial charge is 0.354 e. The number of hydrogen-bond donors (Lipinski definition) is 1. The first-order valence-electron chi connectivity index (χ1n) is 6.99. The molecule has 2 aromatic rings. The fourth-order valence-corrected chi connectivity index (χ4v) is 2.28. The van der Waals surface area contributed by atoms with Gasteiger partial charge in [0.05, 0.1) is 6.54 Å². The molecule has 1 aromatic heterocycles. The van der Waals surface area contributed by atoms with Gasteiger partial charge in [0.1, 0.15) is 12.7 Å². The SMILES string of the molecule is C[C@@H](CCc1ccc(Br)cc1)NC(=O)CCn1cncn1. The Morgan fingerprint density at radius 1 is 1.38 bits per heavy atom. The molecule has 0 fully saturated rings. The minimum absolute atomic E-state index is 0.0498. The molecular formula is C15H19BrN4O. The van der Waals surface area contributed by atoms with Crippen LogP contribution >= 0.6 is 15.9 Å². The van der Waals surface area contributed by atoms with Crippen molar-refractivity contribution in [1.82, 2.24) is 20.1 Å². The third-order valence-electron chi connectivity index (χ3n) is 3.22. The molecule has 1 N–H and O–H groups in total. The van der Waals surface area contributed by atoms with Crippen LogP contribution in [0.25, 0.3) is 0 Å². The first-order valence-corrected chi connectivity index (χ1v) is 7.79. The van der Waals surface area contributed by atoms with Crippen LogP contribution in [0.2, 0.25) is 0 Å². The van der Waals surface area contributed by atoms with Crippen LogP contribution in [0.5, 0.6) is 0 Å². The second-order valence-electron chi connectivity index (χ2n) is 5.04. The van der Waals surface area contributed by atoms with E-state index in [0.29, 0.717) is 13.0 Å². The highest BCUT2D eigenvalue weighted by Gasteiger charge is 2.08. The van der Waals surface area contributed by atoms with E-state index in [9.17, 15) is 4.79 Å². The van der Waals surface area contributed by atoms with Crippen LogP contribution in [-0.2, 0) is 17.8 Å². The van der Waals surface area contributed by atoms with Gasteiger partial charge >= 0.3 is 0 Å². The molecular weight excluding hydrogens is 332 g/mol. The normalized spacial score (nSPS) is 12.1. The van der Waals surface area contributed by atoms with E-state index < -0.39 is 0 Å². The lowest BCUT2D eigenvalue weighted by Crippen LogP contribution is -2.33. The number of halogens is 1. The minimum atomic E-state index is 0.0498. The Bertz CT molecular complexity index is 554. The second kappa shape index (κ2) is 7.93. The maximum absolute atomic E-state index is 11.8. The van der Waals surface area contributed by atoms with Gasteiger partial charge in [-0.2, -0.15) is 5.10 Å². The smallest absolute Gasteiger partial charge is 0.222 e. The van der Waals surface area contributed by atoms with Crippen molar-refractivity contribution < 1.29 is 4.79 Å². The van der Waals surface area contributed by atoms with Crippen LogP contribution in [0.15, 0.2) is 41.4 Å². The molecule has 1 atom stereocenters. The Labute approximate surface area is 132 Å². The molecule has 0 unspecified atom stereocenters. The summed E-state index contributed by atoms with van der Waals surface area (Å²) in [5, 5.41) is 6.99. The lowest BCUT2D eigenvalue weighted by atomic mass is 10.1. The maximum Gasteiger partial charge on any atom is 0.222 e. The van der Waals surface area contributed by atoms with E-state index in [1.807, 2.05) is 19.1 Å². The molecule has 5 nitrogen and oxygen atoms in total. The lowest BCUT2D eigenvalue weighted by Gasteiger charge is -2.14. The highest BCUT2D eigenvalue weighted by atomic mass is 79.9. The third kappa shape index (κ3) is 5.67. The van der Waals surface area contributed by atoms with Crippen molar-refractivity contribution in [3.8, 4) is 0 Å². The number of aryl methyl sites for hydroxylation is 2. The fraction of sp³-hybridized carbons (Fsp3) is 0.400. The summed E-state index contributed by atoms with van der Waals surface area (Å²) in [5.41, 5.74) is 1.28. The van der Waals surface area contributed by atoms with Crippen LogP contribution in [-0.4, -0.2) is 26.7 Å². The van der Waals surface area contributed by atoms with Gasteiger partial charge in [0.15, 0.2) is 0 Å². The molecule has 0 saturated carbocycles. The van der Waals surface area contributed by atoms with Crippen LogP contribution in [0.3, 0.4) is 0 Å². The van der Waals surface area contributed by atoms with Crippen molar-refractivity contribution in [2.45, 2.75) is 38.8 Å². The first kappa shape index (κ1) is 15.7. The Morgan fingerprint density at radius 2 is 2.14 bits per heavy atom. The molecule has 0 radical (unpaired) electrons. The Hall–Kier alpha value is -1.69. The van der Waals surface area contributed by atoms with Crippen molar-refractivity contribution in [1.29, 1.82) is 0 Å². The molecule has 1 amide bonds. The number of carbonyl (C=O) groups is 1. The van der Waals surface area contributed by atoms with Crippen LogP contribution in [0.1, 0.15) is 25.3 Å². The van der Waals surface area contributed by atoms with Crippen molar-refractivity contribution in [3.63, 3.8) is 0 Å². The van der Waals surface area contributed by atoms with Gasteiger partial charge in [-0.15, -0.1) is 0 Å². The van der Waals surface area contributed by atoms with Gasteiger partial charge in [0.2, 0.25) is 5.91 Å². The summed E-state index contributed by atoms with van der Waals surface area (Å²) in [6.07, 6.45) is 5.39.